The van der Waals surface area contributed by atoms with Gasteiger partial charge >= 0.3 is 0 Å². The highest BCUT2D eigenvalue weighted by Gasteiger charge is 2.12. The summed E-state index contributed by atoms with van der Waals surface area (Å²) in [5.74, 6) is 0.348. The van der Waals surface area contributed by atoms with Crippen LogP contribution in [0.1, 0.15) is 19.4 Å². The van der Waals surface area contributed by atoms with Gasteiger partial charge in [0.1, 0.15) is 5.75 Å². The lowest BCUT2D eigenvalue weighted by Gasteiger charge is -2.18. The molecule has 0 heterocycles. The van der Waals surface area contributed by atoms with E-state index in [2.05, 4.69) is 5.32 Å². The zero-order valence-corrected chi connectivity index (χ0v) is 12.8. The molecule has 5 nitrogen and oxygen atoms in total. The smallest absolute Gasteiger partial charge is 0.247 e. The molecule has 0 fully saturated rings. The number of carbonyl (C=O) groups excluding carboxylic acids is 2. The first-order valence-electron chi connectivity index (χ1n) is 6.99. The van der Waals surface area contributed by atoms with Crippen LogP contribution in [0.3, 0.4) is 0 Å². The van der Waals surface area contributed by atoms with Crippen molar-refractivity contribution in [2.75, 3.05) is 26.7 Å². The summed E-state index contributed by atoms with van der Waals surface area (Å²) >= 11 is 0. The van der Waals surface area contributed by atoms with Crippen LogP contribution in [0.4, 0.5) is 0 Å². The molecule has 1 aromatic carbocycles. The molecule has 0 saturated heterocycles. The van der Waals surface area contributed by atoms with Gasteiger partial charge in [-0.25, -0.2) is 0 Å². The third kappa shape index (κ3) is 5.30. The van der Waals surface area contributed by atoms with Crippen molar-refractivity contribution in [3.8, 4) is 5.75 Å². The molecular weight excluding hydrogens is 268 g/mol. The number of carbonyl (C=O) groups is 2. The van der Waals surface area contributed by atoms with Crippen LogP contribution >= 0.6 is 0 Å². The molecule has 1 aromatic rings. The Bertz CT molecular complexity index is 512. The molecular formula is C16H22N2O3. The van der Waals surface area contributed by atoms with Crippen LogP contribution in [0, 0.1) is 0 Å². The van der Waals surface area contributed by atoms with E-state index in [1.54, 1.807) is 13.2 Å². The molecule has 0 aliphatic heterocycles. The summed E-state index contributed by atoms with van der Waals surface area (Å²) in [6.45, 7) is 4.79. The minimum atomic E-state index is -0.199. The maximum atomic E-state index is 12.1. The second-order valence-corrected chi connectivity index (χ2v) is 4.38. The molecule has 0 spiro atoms. The number of hydrogen-bond donors (Lipinski definition) is 1. The summed E-state index contributed by atoms with van der Waals surface area (Å²) in [6.07, 6.45) is 3.15. The average molecular weight is 290 g/mol. The minimum absolute atomic E-state index is 0.0689. The molecule has 0 aliphatic rings. The van der Waals surface area contributed by atoms with Crippen LogP contribution in [0.15, 0.2) is 30.3 Å². The summed E-state index contributed by atoms with van der Waals surface area (Å²) in [7, 11) is 1.59. The van der Waals surface area contributed by atoms with Crippen LogP contribution in [-0.4, -0.2) is 43.5 Å². The Morgan fingerprint density at radius 2 is 2.00 bits per heavy atom. The number of benzene rings is 1. The largest absolute Gasteiger partial charge is 0.496 e. The fourth-order valence-corrected chi connectivity index (χ4v) is 1.84. The molecule has 2 amide bonds. The van der Waals surface area contributed by atoms with Crippen molar-refractivity contribution in [3.63, 3.8) is 0 Å². The molecule has 0 radical (unpaired) electrons. The molecule has 0 bridgehead atoms. The van der Waals surface area contributed by atoms with Crippen LogP contribution < -0.4 is 10.1 Å². The van der Waals surface area contributed by atoms with Gasteiger partial charge in [0.2, 0.25) is 11.8 Å². The van der Waals surface area contributed by atoms with Crippen LogP contribution in [-0.2, 0) is 9.59 Å². The molecule has 1 N–H and O–H groups in total. The van der Waals surface area contributed by atoms with Crippen LogP contribution in [0.2, 0.25) is 0 Å². The lowest BCUT2D eigenvalue weighted by Crippen LogP contribution is -2.39. The van der Waals surface area contributed by atoms with E-state index in [9.17, 15) is 9.59 Å². The zero-order valence-electron chi connectivity index (χ0n) is 12.8. The molecule has 0 unspecified atom stereocenters. The van der Waals surface area contributed by atoms with Gasteiger partial charge in [0.15, 0.2) is 0 Å². The van der Waals surface area contributed by atoms with Gasteiger partial charge in [0.05, 0.1) is 13.7 Å². The summed E-state index contributed by atoms with van der Waals surface area (Å²) in [5, 5.41) is 2.68. The normalized spacial score (nSPS) is 10.4. The number of likely N-dealkylation sites (N-methyl/N-ethyl adjacent to an activating group) is 2. The number of nitrogens with zero attached hydrogens (tertiary/aromatic N) is 1. The Hall–Kier alpha value is -2.30. The SMILES string of the molecule is CCNC(=O)CN(CC)C(=O)/C=C/c1ccccc1OC. The lowest BCUT2D eigenvalue weighted by atomic mass is 10.2. The molecule has 5 heteroatoms. The predicted octanol–water partition coefficient (Wildman–Crippen LogP) is 1.69. The van der Waals surface area contributed by atoms with E-state index in [0.29, 0.717) is 18.8 Å². The summed E-state index contributed by atoms with van der Waals surface area (Å²) in [5.41, 5.74) is 0.822. The monoisotopic (exact) mass is 290 g/mol. The second kappa shape index (κ2) is 8.79. The highest BCUT2D eigenvalue weighted by molar-refractivity contribution is 5.94. The predicted molar refractivity (Wildman–Crippen MR) is 83.0 cm³/mol. The molecule has 1 rings (SSSR count). The van der Waals surface area contributed by atoms with Gasteiger partial charge in [-0.2, -0.15) is 0 Å². The van der Waals surface area contributed by atoms with E-state index in [4.69, 9.17) is 4.74 Å². The van der Waals surface area contributed by atoms with Crippen molar-refractivity contribution in [2.24, 2.45) is 0 Å². The van der Waals surface area contributed by atoms with Crippen molar-refractivity contribution in [3.05, 3.63) is 35.9 Å². The maximum Gasteiger partial charge on any atom is 0.247 e. The lowest BCUT2D eigenvalue weighted by molar-refractivity contribution is -0.132. The number of hydrogen-bond acceptors (Lipinski definition) is 3. The first kappa shape index (κ1) is 16.8. The Morgan fingerprint density at radius 3 is 2.62 bits per heavy atom. The minimum Gasteiger partial charge on any atom is -0.496 e. The Labute approximate surface area is 125 Å². The molecule has 114 valence electrons. The highest BCUT2D eigenvalue weighted by Crippen LogP contribution is 2.18. The third-order valence-corrected chi connectivity index (χ3v) is 2.95. The van der Waals surface area contributed by atoms with Crippen molar-refractivity contribution >= 4 is 17.9 Å². The summed E-state index contributed by atoms with van der Waals surface area (Å²) in [4.78, 5) is 25.1. The summed E-state index contributed by atoms with van der Waals surface area (Å²) < 4.78 is 5.22. The number of ether oxygens (including phenoxy) is 1. The molecule has 0 aromatic heterocycles. The highest BCUT2D eigenvalue weighted by atomic mass is 16.5. The quantitative estimate of drug-likeness (QED) is 0.778. The molecule has 0 atom stereocenters. The zero-order chi connectivity index (χ0) is 15.7. The number of methoxy groups -OCH3 is 1. The van der Waals surface area contributed by atoms with Gasteiger partial charge in [-0.05, 0) is 26.0 Å². The van der Waals surface area contributed by atoms with Crippen molar-refractivity contribution in [1.82, 2.24) is 10.2 Å². The van der Waals surface area contributed by atoms with Gasteiger partial charge < -0.3 is 15.0 Å². The molecule has 0 saturated carbocycles. The Kier molecular flexibility index (Phi) is 7.01. The van der Waals surface area contributed by atoms with E-state index in [1.165, 1.54) is 11.0 Å². The van der Waals surface area contributed by atoms with E-state index in [0.717, 1.165) is 5.56 Å². The Balaban J connectivity index is 2.73. The van der Waals surface area contributed by atoms with Gasteiger partial charge in [-0.15, -0.1) is 0 Å². The van der Waals surface area contributed by atoms with Crippen molar-refractivity contribution in [2.45, 2.75) is 13.8 Å². The number of amides is 2. The number of nitrogens with one attached hydrogen (secondary N) is 1. The van der Waals surface area contributed by atoms with Crippen molar-refractivity contribution in [1.29, 1.82) is 0 Å². The fraction of sp³-hybridized carbons (Fsp3) is 0.375. The van der Waals surface area contributed by atoms with Crippen LogP contribution in [0.5, 0.6) is 5.75 Å². The van der Waals surface area contributed by atoms with E-state index >= 15 is 0 Å². The topological polar surface area (TPSA) is 58.6 Å². The van der Waals surface area contributed by atoms with Crippen LogP contribution in [0.25, 0.3) is 6.08 Å². The molecule has 0 aliphatic carbocycles. The summed E-state index contributed by atoms with van der Waals surface area (Å²) in [6, 6.07) is 7.43. The number of rotatable bonds is 7. The first-order valence-corrected chi connectivity index (χ1v) is 6.99. The maximum absolute atomic E-state index is 12.1. The molecule has 21 heavy (non-hydrogen) atoms. The fourth-order valence-electron chi connectivity index (χ4n) is 1.84. The third-order valence-electron chi connectivity index (χ3n) is 2.95. The van der Waals surface area contributed by atoms with E-state index in [1.807, 2.05) is 38.1 Å². The van der Waals surface area contributed by atoms with Gasteiger partial charge in [0.25, 0.3) is 0 Å². The van der Waals surface area contributed by atoms with Gasteiger partial charge in [-0.3, -0.25) is 9.59 Å². The van der Waals surface area contributed by atoms with Gasteiger partial charge in [0, 0.05) is 24.7 Å². The van der Waals surface area contributed by atoms with E-state index < -0.39 is 0 Å². The standard InChI is InChI=1S/C16H22N2O3/c1-4-17-15(19)12-18(5-2)16(20)11-10-13-8-6-7-9-14(13)21-3/h6-11H,4-5,12H2,1-3H3,(H,17,19)/b11-10+. The van der Waals surface area contributed by atoms with Crippen molar-refractivity contribution < 1.29 is 14.3 Å². The van der Waals surface area contributed by atoms with Gasteiger partial charge in [-0.1, -0.05) is 18.2 Å². The number of para-hydroxylation sites is 1. The average Bonchev–Trinajstić information content (AvgIpc) is 2.50. The Morgan fingerprint density at radius 1 is 1.29 bits per heavy atom. The second-order valence-electron chi connectivity index (χ2n) is 4.38. The van der Waals surface area contributed by atoms with E-state index in [-0.39, 0.29) is 18.4 Å². The first-order chi connectivity index (χ1) is 10.1.